The van der Waals surface area contributed by atoms with Crippen LogP contribution >= 0.6 is 11.8 Å². The normalized spacial score (nSPS) is 16.9. The molecule has 0 radical (unpaired) electrons. The van der Waals surface area contributed by atoms with Crippen LogP contribution in [0.1, 0.15) is 47.1 Å². The summed E-state index contributed by atoms with van der Waals surface area (Å²) in [6.45, 7) is 13.7. The van der Waals surface area contributed by atoms with Crippen molar-refractivity contribution in [3.63, 3.8) is 0 Å². The monoisotopic (exact) mass is 404 g/mol. The molecule has 1 aliphatic heterocycles. The van der Waals surface area contributed by atoms with Crippen LogP contribution in [0.5, 0.6) is 5.75 Å². The first-order chi connectivity index (χ1) is 12.6. The Hall–Kier alpha value is -1.53. The summed E-state index contributed by atoms with van der Waals surface area (Å²) in [5.74, 6) is 0.855. The van der Waals surface area contributed by atoms with E-state index in [-0.39, 0.29) is 5.91 Å². The first kappa shape index (κ1) is 21.8. The van der Waals surface area contributed by atoms with Crippen LogP contribution in [0.4, 0.5) is 0 Å². The van der Waals surface area contributed by atoms with Crippen LogP contribution in [0, 0.1) is 0 Å². The number of carbonyl (C=O) groups is 1. The Kier molecular flexibility index (Phi) is 6.97. The minimum atomic E-state index is -1.96. The predicted octanol–water partition coefficient (Wildman–Crippen LogP) is 5.77. The van der Waals surface area contributed by atoms with Gasteiger partial charge < -0.3 is 4.43 Å². The van der Waals surface area contributed by atoms with Gasteiger partial charge in [0.25, 0.3) is 14.2 Å². The summed E-state index contributed by atoms with van der Waals surface area (Å²) in [5, 5.41) is 0.729. The van der Waals surface area contributed by atoms with Crippen LogP contribution in [0.15, 0.2) is 35.0 Å². The molecule has 0 saturated heterocycles. The standard InChI is InChI=1S/C21H32N2O2SSi/c1-14(2)27(15(3)4,16(5)6)25-18-11-9-17(10-12-18)13-19-20(24)23(7)21(22-19)26-8/h9-16H,1-8H3/b19-13-. The smallest absolute Gasteiger partial charge is 0.278 e. The molecule has 1 amide bonds. The Morgan fingerprint density at radius 3 is 1.96 bits per heavy atom. The zero-order chi connectivity index (χ0) is 20.4. The van der Waals surface area contributed by atoms with Gasteiger partial charge in [-0.1, -0.05) is 65.4 Å². The lowest BCUT2D eigenvalue weighted by Gasteiger charge is -2.42. The van der Waals surface area contributed by atoms with Gasteiger partial charge in [0.2, 0.25) is 0 Å². The summed E-state index contributed by atoms with van der Waals surface area (Å²) in [4.78, 5) is 18.3. The Morgan fingerprint density at radius 2 is 1.56 bits per heavy atom. The third-order valence-corrected chi connectivity index (χ3v) is 12.1. The number of hydrogen-bond donors (Lipinski definition) is 0. The van der Waals surface area contributed by atoms with Gasteiger partial charge in [0.15, 0.2) is 5.17 Å². The number of amidine groups is 1. The van der Waals surface area contributed by atoms with E-state index in [0.29, 0.717) is 22.3 Å². The maximum Gasteiger partial charge on any atom is 0.278 e. The van der Waals surface area contributed by atoms with E-state index in [2.05, 4.69) is 46.5 Å². The van der Waals surface area contributed by atoms with Crippen molar-refractivity contribution in [3.8, 4) is 5.75 Å². The number of amides is 1. The highest BCUT2D eigenvalue weighted by atomic mass is 32.2. The van der Waals surface area contributed by atoms with Crippen molar-refractivity contribution in [1.29, 1.82) is 0 Å². The molecule has 0 fully saturated rings. The Labute approximate surface area is 169 Å². The molecule has 6 heteroatoms. The topological polar surface area (TPSA) is 41.9 Å². The molecule has 0 spiro atoms. The van der Waals surface area contributed by atoms with Crippen LogP contribution in [0.2, 0.25) is 16.6 Å². The molecular weight excluding hydrogens is 372 g/mol. The SMILES string of the molecule is CSC1=N/C(=C\c2ccc(O[Si](C(C)C)(C(C)C)C(C)C)cc2)C(=O)N1C. The van der Waals surface area contributed by atoms with E-state index in [0.717, 1.165) is 16.5 Å². The highest BCUT2D eigenvalue weighted by Crippen LogP contribution is 2.42. The summed E-state index contributed by atoms with van der Waals surface area (Å²) < 4.78 is 6.70. The summed E-state index contributed by atoms with van der Waals surface area (Å²) in [5.41, 5.74) is 3.03. The number of aliphatic imine (C=N–C) groups is 1. The average molecular weight is 405 g/mol. The third kappa shape index (κ3) is 4.32. The van der Waals surface area contributed by atoms with Crippen LogP contribution < -0.4 is 4.43 Å². The molecule has 0 saturated carbocycles. The maximum absolute atomic E-state index is 12.3. The van der Waals surface area contributed by atoms with E-state index >= 15 is 0 Å². The molecule has 27 heavy (non-hydrogen) atoms. The van der Waals surface area contributed by atoms with Crippen molar-refractivity contribution in [3.05, 3.63) is 35.5 Å². The van der Waals surface area contributed by atoms with Crippen LogP contribution in [0.25, 0.3) is 6.08 Å². The summed E-state index contributed by atoms with van der Waals surface area (Å²) in [7, 11) is -0.203. The predicted molar refractivity (Wildman–Crippen MR) is 120 cm³/mol. The van der Waals surface area contributed by atoms with Gasteiger partial charge in [0.05, 0.1) is 0 Å². The quantitative estimate of drug-likeness (QED) is 0.446. The molecule has 0 unspecified atom stereocenters. The molecule has 1 aliphatic rings. The Morgan fingerprint density at radius 1 is 1.04 bits per heavy atom. The highest BCUT2D eigenvalue weighted by molar-refractivity contribution is 8.13. The van der Waals surface area contributed by atoms with E-state index in [9.17, 15) is 4.79 Å². The van der Waals surface area contributed by atoms with Crippen molar-refractivity contribution >= 4 is 37.2 Å². The van der Waals surface area contributed by atoms with Crippen molar-refractivity contribution in [1.82, 2.24) is 4.90 Å². The Balaban J connectivity index is 2.26. The van der Waals surface area contributed by atoms with Crippen LogP contribution in [-0.2, 0) is 4.79 Å². The molecule has 0 N–H and O–H groups in total. The van der Waals surface area contributed by atoms with Gasteiger partial charge in [-0.25, -0.2) is 4.99 Å². The fourth-order valence-corrected chi connectivity index (χ4v) is 9.91. The molecule has 0 aromatic heterocycles. The average Bonchev–Trinajstić information content (AvgIpc) is 2.88. The highest BCUT2D eigenvalue weighted by Gasteiger charge is 2.46. The third-order valence-electron chi connectivity index (χ3n) is 5.39. The molecule has 2 rings (SSSR count). The fourth-order valence-electron chi connectivity index (χ4n) is 4.11. The second-order valence-corrected chi connectivity index (χ2v) is 14.1. The lowest BCUT2D eigenvalue weighted by molar-refractivity contribution is -0.121. The van der Waals surface area contributed by atoms with Gasteiger partial charge in [-0.05, 0) is 46.7 Å². The number of nitrogens with zero attached hydrogens (tertiary/aromatic N) is 2. The largest absolute Gasteiger partial charge is 0.543 e. The van der Waals surface area contributed by atoms with Gasteiger partial charge >= 0.3 is 0 Å². The van der Waals surface area contributed by atoms with Gasteiger partial charge in [-0.3, -0.25) is 9.69 Å². The summed E-state index contributed by atoms with van der Waals surface area (Å²) in [6, 6.07) is 8.04. The van der Waals surface area contributed by atoms with E-state index in [1.165, 1.54) is 11.8 Å². The van der Waals surface area contributed by atoms with Gasteiger partial charge in [0.1, 0.15) is 11.4 Å². The lowest BCUT2D eigenvalue weighted by atomic mass is 10.2. The molecule has 1 heterocycles. The van der Waals surface area contributed by atoms with Crippen molar-refractivity contribution in [2.24, 2.45) is 4.99 Å². The van der Waals surface area contributed by atoms with Crippen LogP contribution in [0.3, 0.4) is 0 Å². The molecule has 1 aromatic carbocycles. The lowest BCUT2D eigenvalue weighted by Crippen LogP contribution is -2.50. The number of thioether (sulfide) groups is 1. The van der Waals surface area contributed by atoms with Gasteiger partial charge in [-0.15, -0.1) is 0 Å². The Bertz CT molecular complexity index is 717. The summed E-state index contributed by atoms with van der Waals surface area (Å²) >= 11 is 1.47. The molecule has 0 aliphatic carbocycles. The number of likely N-dealkylation sites (N-methyl/N-ethyl adjacent to an activating group) is 1. The van der Waals surface area contributed by atoms with E-state index in [4.69, 9.17) is 4.43 Å². The zero-order valence-electron chi connectivity index (χ0n) is 17.7. The van der Waals surface area contributed by atoms with Crippen LogP contribution in [-0.4, -0.2) is 37.6 Å². The molecule has 0 bridgehead atoms. The van der Waals surface area contributed by atoms with Crippen molar-refractivity contribution in [2.75, 3.05) is 13.3 Å². The second-order valence-electron chi connectivity index (χ2n) is 7.98. The molecule has 148 valence electrons. The molecule has 0 atom stereocenters. The van der Waals surface area contributed by atoms with E-state index in [1.807, 2.05) is 36.6 Å². The van der Waals surface area contributed by atoms with E-state index < -0.39 is 8.32 Å². The number of carbonyl (C=O) groups excluding carboxylic acids is 1. The number of hydrogen-bond acceptors (Lipinski definition) is 4. The second kappa shape index (κ2) is 8.65. The van der Waals surface area contributed by atoms with Gasteiger partial charge in [-0.2, -0.15) is 0 Å². The summed E-state index contributed by atoms with van der Waals surface area (Å²) in [6.07, 6.45) is 3.76. The van der Waals surface area contributed by atoms with Gasteiger partial charge in [0, 0.05) is 7.05 Å². The fraction of sp³-hybridized carbons (Fsp3) is 0.524. The molecular formula is C21H32N2O2SSi. The molecule has 4 nitrogen and oxygen atoms in total. The minimum Gasteiger partial charge on any atom is -0.543 e. The van der Waals surface area contributed by atoms with E-state index in [1.54, 1.807) is 11.9 Å². The number of benzene rings is 1. The molecule has 1 aromatic rings. The number of rotatable bonds is 6. The maximum atomic E-state index is 12.3. The first-order valence-corrected chi connectivity index (χ1v) is 12.9. The zero-order valence-corrected chi connectivity index (χ0v) is 19.6. The minimum absolute atomic E-state index is 0.0643. The van der Waals surface area contributed by atoms with Crippen molar-refractivity contribution in [2.45, 2.75) is 58.2 Å². The first-order valence-electron chi connectivity index (χ1n) is 9.55. The van der Waals surface area contributed by atoms with Crippen molar-refractivity contribution < 1.29 is 9.22 Å².